The number of methoxy groups -OCH3 is 1. The van der Waals surface area contributed by atoms with Crippen molar-refractivity contribution < 1.29 is 14.3 Å². The molecule has 2 aliphatic heterocycles. The number of piperidine rings is 2. The molecule has 1 aromatic carbocycles. The number of fused-ring (bicyclic) bond motifs is 2. The van der Waals surface area contributed by atoms with E-state index in [2.05, 4.69) is 9.80 Å². The molecule has 0 spiro atoms. The van der Waals surface area contributed by atoms with E-state index < -0.39 is 5.63 Å². The summed E-state index contributed by atoms with van der Waals surface area (Å²) in [5, 5.41) is 11.4. The van der Waals surface area contributed by atoms with E-state index in [1.807, 2.05) is 0 Å². The van der Waals surface area contributed by atoms with Gasteiger partial charge in [0.25, 0.3) is 0 Å². The highest BCUT2D eigenvalue weighted by molar-refractivity contribution is 5.81. The normalized spacial score (nSPS) is 22.8. The fraction of sp³-hybridized carbons (Fsp3) is 0.609. The average molecular weight is 401 g/mol. The van der Waals surface area contributed by atoms with Gasteiger partial charge >= 0.3 is 5.63 Å². The Hall–Kier alpha value is -1.89. The number of phenols is 1. The van der Waals surface area contributed by atoms with Crippen molar-refractivity contribution in [3.63, 3.8) is 0 Å². The van der Waals surface area contributed by atoms with Crippen LogP contribution in [0, 0.1) is 5.92 Å². The van der Waals surface area contributed by atoms with Crippen LogP contribution < -0.4 is 5.63 Å². The van der Waals surface area contributed by atoms with Gasteiger partial charge in [-0.1, -0.05) is 6.42 Å². The van der Waals surface area contributed by atoms with Crippen molar-refractivity contribution >= 4 is 11.0 Å². The van der Waals surface area contributed by atoms with E-state index in [9.17, 15) is 9.90 Å². The summed E-state index contributed by atoms with van der Waals surface area (Å²) in [7, 11) is 1.72. The van der Waals surface area contributed by atoms with Crippen molar-refractivity contribution in [2.45, 2.75) is 44.7 Å². The Balaban J connectivity index is 1.57. The van der Waals surface area contributed by atoms with Gasteiger partial charge in [-0.15, -0.1) is 0 Å². The summed E-state index contributed by atoms with van der Waals surface area (Å²) in [6.45, 7) is 5.40. The van der Waals surface area contributed by atoms with Gasteiger partial charge in [0, 0.05) is 44.2 Å². The summed E-state index contributed by atoms with van der Waals surface area (Å²) < 4.78 is 10.8. The molecular weight excluding hydrogens is 368 g/mol. The molecule has 3 heterocycles. The Morgan fingerprint density at radius 3 is 2.86 bits per heavy atom. The van der Waals surface area contributed by atoms with Gasteiger partial charge in [-0.3, -0.25) is 4.90 Å². The second-order valence-corrected chi connectivity index (χ2v) is 8.47. The van der Waals surface area contributed by atoms with Gasteiger partial charge in [0.2, 0.25) is 0 Å². The minimum absolute atomic E-state index is 0.178. The van der Waals surface area contributed by atoms with Crippen LogP contribution in [0.25, 0.3) is 11.0 Å². The number of rotatable bonds is 7. The molecule has 2 aliphatic rings. The number of hydrogen-bond acceptors (Lipinski definition) is 6. The van der Waals surface area contributed by atoms with Gasteiger partial charge < -0.3 is 19.2 Å². The number of ether oxygens (including phenoxy) is 1. The first kappa shape index (κ1) is 20.4. The van der Waals surface area contributed by atoms with Crippen LogP contribution in [0.4, 0.5) is 0 Å². The fourth-order valence-electron chi connectivity index (χ4n) is 5.13. The van der Waals surface area contributed by atoms with Crippen molar-refractivity contribution in [2.75, 3.05) is 39.9 Å². The Kier molecular flexibility index (Phi) is 6.53. The molecule has 1 N–H and O–H groups in total. The number of hydrogen-bond donors (Lipinski definition) is 1. The lowest BCUT2D eigenvalue weighted by Gasteiger charge is -2.45. The molecule has 0 radical (unpaired) electrons. The van der Waals surface area contributed by atoms with E-state index in [1.165, 1.54) is 51.3 Å². The predicted octanol–water partition coefficient (Wildman–Crippen LogP) is 3.21. The quantitative estimate of drug-likeness (QED) is 0.720. The molecule has 0 aliphatic carbocycles. The zero-order valence-electron chi connectivity index (χ0n) is 17.3. The largest absolute Gasteiger partial charge is 0.507 e. The average Bonchev–Trinajstić information content (AvgIpc) is 2.74. The third-order valence-corrected chi connectivity index (χ3v) is 6.58. The van der Waals surface area contributed by atoms with Crippen LogP contribution in [0.2, 0.25) is 0 Å². The Morgan fingerprint density at radius 2 is 2.00 bits per heavy atom. The van der Waals surface area contributed by atoms with E-state index in [0.717, 1.165) is 18.5 Å². The predicted molar refractivity (Wildman–Crippen MR) is 113 cm³/mol. The summed E-state index contributed by atoms with van der Waals surface area (Å²) in [5.41, 5.74) is 0.786. The smallest absolute Gasteiger partial charge is 0.336 e. The highest BCUT2D eigenvalue weighted by atomic mass is 16.5. The first-order valence-electron chi connectivity index (χ1n) is 10.9. The lowest BCUT2D eigenvalue weighted by atomic mass is 9.83. The molecule has 0 amide bonds. The minimum atomic E-state index is -0.391. The Labute approximate surface area is 172 Å². The van der Waals surface area contributed by atoms with E-state index >= 15 is 0 Å². The van der Waals surface area contributed by atoms with Crippen molar-refractivity contribution in [1.29, 1.82) is 0 Å². The van der Waals surface area contributed by atoms with E-state index in [-0.39, 0.29) is 5.75 Å². The number of aromatic hydroxyl groups is 1. The molecule has 4 rings (SSSR count). The molecule has 158 valence electrons. The van der Waals surface area contributed by atoms with Gasteiger partial charge in [0.05, 0.1) is 12.2 Å². The molecule has 6 nitrogen and oxygen atoms in total. The van der Waals surface area contributed by atoms with Crippen LogP contribution in [0.15, 0.2) is 33.5 Å². The molecule has 2 aromatic rings. The summed E-state index contributed by atoms with van der Waals surface area (Å²) in [6.07, 6.45) is 6.44. The topological polar surface area (TPSA) is 66.2 Å². The highest BCUT2D eigenvalue weighted by Gasteiger charge is 2.34. The van der Waals surface area contributed by atoms with Crippen molar-refractivity contribution in [3.8, 4) is 5.75 Å². The first-order chi connectivity index (χ1) is 14.2. The van der Waals surface area contributed by atoms with Gasteiger partial charge in [-0.05, 0) is 62.9 Å². The molecule has 1 aromatic heterocycles. The van der Waals surface area contributed by atoms with Gasteiger partial charge in [0.1, 0.15) is 11.3 Å². The van der Waals surface area contributed by atoms with Gasteiger partial charge in [-0.2, -0.15) is 0 Å². The molecule has 0 unspecified atom stereocenters. The zero-order valence-corrected chi connectivity index (χ0v) is 17.3. The van der Waals surface area contributed by atoms with Crippen LogP contribution in [0.3, 0.4) is 0 Å². The molecule has 0 saturated carbocycles. The van der Waals surface area contributed by atoms with Crippen LogP contribution in [-0.4, -0.2) is 60.8 Å². The third-order valence-electron chi connectivity index (χ3n) is 6.58. The number of phenolic OH excluding ortho intramolecular Hbond substituents is 1. The Bertz CT molecular complexity index is 879. The van der Waals surface area contributed by atoms with Crippen LogP contribution in [0.1, 0.15) is 37.7 Å². The summed E-state index contributed by atoms with van der Waals surface area (Å²) in [6, 6.07) is 7.32. The van der Waals surface area contributed by atoms with Crippen LogP contribution in [-0.2, 0) is 11.3 Å². The second kappa shape index (κ2) is 9.28. The SMILES string of the molecule is COCCN(Cc1c(O)ccc2ccc(=O)oc12)C[C@@H]1CCCN2CCCC[C@H]12. The van der Waals surface area contributed by atoms with Gasteiger partial charge in [-0.25, -0.2) is 4.79 Å². The summed E-state index contributed by atoms with van der Waals surface area (Å²) >= 11 is 0. The van der Waals surface area contributed by atoms with Gasteiger partial charge in [0.15, 0.2) is 0 Å². The fourth-order valence-corrected chi connectivity index (χ4v) is 5.13. The molecule has 29 heavy (non-hydrogen) atoms. The molecule has 2 fully saturated rings. The first-order valence-corrected chi connectivity index (χ1v) is 10.9. The molecular formula is C23H32N2O4. The minimum Gasteiger partial charge on any atom is -0.507 e. The third kappa shape index (κ3) is 4.65. The molecule has 2 atom stereocenters. The maximum Gasteiger partial charge on any atom is 0.336 e. The molecule has 0 bridgehead atoms. The van der Waals surface area contributed by atoms with Crippen LogP contribution >= 0.6 is 0 Å². The Morgan fingerprint density at radius 1 is 1.17 bits per heavy atom. The maximum absolute atomic E-state index is 11.8. The summed E-state index contributed by atoms with van der Waals surface area (Å²) in [4.78, 5) is 16.8. The maximum atomic E-state index is 11.8. The standard InChI is InChI=1S/C23H32N2O4/c1-28-14-13-24(15-18-5-4-12-25-11-3-2-6-20(18)25)16-19-21(26)9-7-17-8-10-22(27)29-23(17)19/h7-10,18,20,26H,2-6,11-16H2,1H3/t18-,20+/m0/s1. The molecule has 2 saturated heterocycles. The lowest BCUT2D eigenvalue weighted by molar-refractivity contribution is 0.0335. The van der Waals surface area contributed by atoms with Crippen molar-refractivity contribution in [3.05, 3.63) is 40.2 Å². The number of nitrogens with zero attached hydrogens (tertiary/aromatic N) is 2. The van der Waals surface area contributed by atoms with E-state index in [1.54, 1.807) is 25.3 Å². The molecule has 6 heteroatoms. The van der Waals surface area contributed by atoms with Crippen molar-refractivity contribution in [2.24, 2.45) is 5.92 Å². The van der Waals surface area contributed by atoms with Crippen molar-refractivity contribution in [1.82, 2.24) is 9.80 Å². The summed E-state index contributed by atoms with van der Waals surface area (Å²) in [5.74, 6) is 0.808. The van der Waals surface area contributed by atoms with Crippen LogP contribution in [0.5, 0.6) is 5.75 Å². The highest BCUT2D eigenvalue weighted by Crippen LogP contribution is 2.33. The van der Waals surface area contributed by atoms with E-state index in [4.69, 9.17) is 9.15 Å². The van der Waals surface area contributed by atoms with E-state index in [0.29, 0.717) is 36.3 Å². The number of benzene rings is 1. The monoisotopic (exact) mass is 400 g/mol. The lowest BCUT2D eigenvalue weighted by Crippen LogP contribution is -2.51. The second-order valence-electron chi connectivity index (χ2n) is 8.47. The zero-order chi connectivity index (χ0) is 20.2.